The molecule has 1 aromatic carbocycles. The molecule has 2 atom stereocenters. The highest BCUT2D eigenvalue weighted by atomic mass is 32.1. The quantitative estimate of drug-likeness (QED) is 0.783. The average Bonchev–Trinajstić information content (AvgIpc) is 2.82. The van der Waals surface area contributed by atoms with Gasteiger partial charge in [0.05, 0.1) is 0 Å². The van der Waals surface area contributed by atoms with Crippen LogP contribution in [0.2, 0.25) is 0 Å². The van der Waals surface area contributed by atoms with E-state index in [4.69, 9.17) is 0 Å². The summed E-state index contributed by atoms with van der Waals surface area (Å²) in [5, 5.41) is 3.81. The van der Waals surface area contributed by atoms with Crippen molar-refractivity contribution in [2.75, 3.05) is 0 Å². The van der Waals surface area contributed by atoms with Gasteiger partial charge in [0.15, 0.2) is 0 Å². The highest BCUT2D eigenvalue weighted by Crippen LogP contribution is 2.35. The molecular weight excluding hydrogens is 262 g/mol. The Kier molecular flexibility index (Phi) is 4.66. The van der Waals surface area contributed by atoms with Crippen molar-refractivity contribution in [3.8, 4) is 0 Å². The van der Waals surface area contributed by atoms with Crippen LogP contribution in [0.15, 0.2) is 42.5 Å². The summed E-state index contributed by atoms with van der Waals surface area (Å²) in [5.74, 6) is 0. The fraction of sp³-hybridized carbons (Fsp3) is 0.444. The highest BCUT2D eigenvalue weighted by molar-refractivity contribution is 7.12. The van der Waals surface area contributed by atoms with Crippen molar-refractivity contribution in [2.45, 2.75) is 46.7 Å². The molecule has 0 spiro atoms. The lowest BCUT2D eigenvalue weighted by molar-refractivity contribution is 0.255. The van der Waals surface area contributed by atoms with Gasteiger partial charge in [-0.2, -0.15) is 0 Å². The molecule has 2 unspecified atom stereocenters. The van der Waals surface area contributed by atoms with E-state index in [1.165, 1.54) is 15.3 Å². The maximum Gasteiger partial charge on any atom is 0.0391 e. The number of benzene rings is 1. The van der Waals surface area contributed by atoms with Gasteiger partial charge in [-0.1, -0.05) is 51.1 Å². The second-order valence-electron chi connectivity index (χ2n) is 6.55. The summed E-state index contributed by atoms with van der Waals surface area (Å²) in [5.41, 5.74) is 1.54. The predicted octanol–water partition coefficient (Wildman–Crippen LogP) is 5.49. The Bertz CT molecular complexity index is 536. The Morgan fingerprint density at radius 2 is 1.65 bits per heavy atom. The molecule has 0 radical (unpaired) electrons. The third-order valence-corrected chi connectivity index (χ3v) is 4.79. The molecule has 1 nitrogen and oxygen atoms in total. The van der Waals surface area contributed by atoms with Gasteiger partial charge in [0.25, 0.3) is 0 Å². The number of hydrogen-bond acceptors (Lipinski definition) is 2. The summed E-state index contributed by atoms with van der Waals surface area (Å²) in [6.07, 6.45) is 0. The SMILES string of the molecule is Cc1ccc(C(C)NC(c2ccccc2)C(C)(C)C)s1. The van der Waals surface area contributed by atoms with Gasteiger partial charge in [-0.3, -0.25) is 0 Å². The summed E-state index contributed by atoms with van der Waals surface area (Å²) in [7, 11) is 0. The molecule has 1 N–H and O–H groups in total. The van der Waals surface area contributed by atoms with Crippen LogP contribution < -0.4 is 5.32 Å². The maximum absolute atomic E-state index is 3.81. The minimum atomic E-state index is 0.182. The van der Waals surface area contributed by atoms with Crippen LogP contribution in [-0.2, 0) is 0 Å². The minimum absolute atomic E-state index is 0.182. The Balaban J connectivity index is 2.21. The van der Waals surface area contributed by atoms with E-state index in [-0.39, 0.29) is 5.41 Å². The molecule has 0 bridgehead atoms. The fourth-order valence-corrected chi connectivity index (χ4v) is 3.40. The fourth-order valence-electron chi connectivity index (χ4n) is 2.51. The molecule has 0 aliphatic rings. The smallest absolute Gasteiger partial charge is 0.0391 e. The number of nitrogens with one attached hydrogen (secondary N) is 1. The summed E-state index contributed by atoms with van der Waals surface area (Å²) in [4.78, 5) is 2.79. The molecular formula is C18H25NS. The van der Waals surface area contributed by atoms with Crippen molar-refractivity contribution in [1.82, 2.24) is 5.32 Å². The van der Waals surface area contributed by atoms with Crippen molar-refractivity contribution in [2.24, 2.45) is 5.41 Å². The first-order valence-electron chi connectivity index (χ1n) is 7.25. The average molecular weight is 287 g/mol. The second-order valence-corrected chi connectivity index (χ2v) is 7.87. The lowest BCUT2D eigenvalue weighted by Crippen LogP contribution is -2.33. The van der Waals surface area contributed by atoms with Crippen LogP contribution in [0, 0.1) is 12.3 Å². The first-order chi connectivity index (χ1) is 9.38. The van der Waals surface area contributed by atoms with Crippen LogP contribution in [0.4, 0.5) is 0 Å². The summed E-state index contributed by atoms with van der Waals surface area (Å²) in [6, 6.07) is 15.9. The lowest BCUT2D eigenvalue weighted by atomic mass is 9.82. The van der Waals surface area contributed by atoms with Gasteiger partial charge in [0.1, 0.15) is 0 Å². The second kappa shape index (κ2) is 6.11. The molecule has 2 heteroatoms. The Labute approximate surface area is 127 Å². The third-order valence-electron chi connectivity index (χ3n) is 3.60. The largest absolute Gasteiger partial charge is 0.302 e. The van der Waals surface area contributed by atoms with Crippen LogP contribution in [0.3, 0.4) is 0 Å². The predicted molar refractivity (Wildman–Crippen MR) is 89.2 cm³/mol. The van der Waals surface area contributed by atoms with E-state index in [0.29, 0.717) is 12.1 Å². The first-order valence-corrected chi connectivity index (χ1v) is 8.07. The molecule has 0 amide bonds. The van der Waals surface area contributed by atoms with Crippen molar-refractivity contribution in [3.05, 3.63) is 57.8 Å². The molecule has 1 heterocycles. The van der Waals surface area contributed by atoms with Gasteiger partial charge in [-0.15, -0.1) is 11.3 Å². The van der Waals surface area contributed by atoms with Gasteiger partial charge in [-0.25, -0.2) is 0 Å². The molecule has 0 fully saturated rings. The summed E-state index contributed by atoms with van der Waals surface area (Å²) < 4.78 is 0. The van der Waals surface area contributed by atoms with Crippen molar-refractivity contribution >= 4 is 11.3 Å². The van der Waals surface area contributed by atoms with E-state index >= 15 is 0 Å². The standard InChI is InChI=1S/C18H25NS/c1-13-11-12-16(20-13)14(2)19-17(18(3,4)5)15-9-7-6-8-10-15/h6-12,14,17,19H,1-5H3. The van der Waals surface area contributed by atoms with Crippen molar-refractivity contribution < 1.29 is 0 Å². The van der Waals surface area contributed by atoms with E-state index in [1.807, 2.05) is 11.3 Å². The van der Waals surface area contributed by atoms with Gasteiger partial charge >= 0.3 is 0 Å². The number of aryl methyl sites for hydroxylation is 1. The lowest BCUT2D eigenvalue weighted by Gasteiger charge is -2.34. The van der Waals surface area contributed by atoms with Crippen LogP contribution in [0.5, 0.6) is 0 Å². The molecule has 0 aliphatic carbocycles. The number of thiophene rings is 1. The maximum atomic E-state index is 3.81. The normalized spacial score (nSPS) is 15.1. The molecule has 0 saturated carbocycles. The van der Waals surface area contributed by atoms with Crippen molar-refractivity contribution in [1.29, 1.82) is 0 Å². The van der Waals surface area contributed by atoms with Crippen LogP contribution in [0.1, 0.15) is 55.1 Å². The molecule has 1 aromatic heterocycles. The molecule has 2 aromatic rings. The monoisotopic (exact) mass is 287 g/mol. The van der Waals surface area contributed by atoms with E-state index in [2.05, 4.69) is 82.4 Å². The third kappa shape index (κ3) is 3.71. The van der Waals surface area contributed by atoms with E-state index in [9.17, 15) is 0 Å². The van der Waals surface area contributed by atoms with Crippen LogP contribution in [0.25, 0.3) is 0 Å². The topological polar surface area (TPSA) is 12.0 Å². The molecule has 108 valence electrons. The van der Waals surface area contributed by atoms with E-state index < -0.39 is 0 Å². The van der Waals surface area contributed by atoms with Gasteiger partial charge in [0, 0.05) is 21.8 Å². The minimum Gasteiger partial charge on any atom is -0.302 e. The van der Waals surface area contributed by atoms with Gasteiger partial charge in [-0.05, 0) is 37.0 Å². The number of hydrogen-bond donors (Lipinski definition) is 1. The summed E-state index contributed by atoms with van der Waals surface area (Å²) >= 11 is 1.88. The zero-order chi connectivity index (χ0) is 14.8. The zero-order valence-electron chi connectivity index (χ0n) is 13.1. The Hall–Kier alpha value is -1.12. The highest BCUT2D eigenvalue weighted by Gasteiger charge is 2.27. The van der Waals surface area contributed by atoms with Crippen molar-refractivity contribution in [3.63, 3.8) is 0 Å². The Morgan fingerprint density at radius 1 is 1.00 bits per heavy atom. The summed E-state index contributed by atoms with van der Waals surface area (Å²) in [6.45, 7) is 11.3. The molecule has 20 heavy (non-hydrogen) atoms. The number of rotatable bonds is 4. The first kappa shape index (κ1) is 15.3. The Morgan fingerprint density at radius 3 is 2.15 bits per heavy atom. The van der Waals surface area contributed by atoms with Crippen LogP contribution in [-0.4, -0.2) is 0 Å². The zero-order valence-corrected chi connectivity index (χ0v) is 13.9. The van der Waals surface area contributed by atoms with Gasteiger partial charge in [0.2, 0.25) is 0 Å². The van der Waals surface area contributed by atoms with E-state index in [0.717, 1.165) is 0 Å². The van der Waals surface area contributed by atoms with Crippen LogP contribution >= 0.6 is 11.3 Å². The van der Waals surface area contributed by atoms with E-state index in [1.54, 1.807) is 0 Å². The van der Waals surface area contributed by atoms with Gasteiger partial charge < -0.3 is 5.32 Å². The molecule has 0 aliphatic heterocycles. The molecule has 0 saturated heterocycles. The molecule has 2 rings (SSSR count).